The van der Waals surface area contributed by atoms with Gasteiger partial charge in [-0.15, -0.1) is 6.42 Å². The van der Waals surface area contributed by atoms with E-state index in [0.717, 1.165) is 0 Å². The van der Waals surface area contributed by atoms with E-state index < -0.39 is 0 Å². The van der Waals surface area contributed by atoms with Crippen LogP contribution in [0.4, 0.5) is 4.39 Å². The van der Waals surface area contributed by atoms with Crippen LogP contribution in [0, 0.1) is 12.3 Å². The zero-order valence-corrected chi connectivity index (χ0v) is 5.76. The Bertz CT molecular complexity index is 192. The number of allylic oxidation sites excluding steroid dienone is 3. The van der Waals surface area contributed by atoms with Crippen molar-refractivity contribution in [1.82, 2.24) is 0 Å². The molecule has 0 aliphatic rings. The van der Waals surface area contributed by atoms with E-state index in [4.69, 9.17) is 11.5 Å². The fraction of sp³-hybridized carbons (Fsp3) is 0.250. The van der Waals surface area contributed by atoms with Gasteiger partial charge in [0.1, 0.15) is 0 Å². The summed E-state index contributed by atoms with van der Waals surface area (Å²) in [5.41, 5.74) is 0.372. The molecule has 0 rings (SSSR count). The highest BCUT2D eigenvalue weighted by atomic mass is 19.1. The molecule has 0 saturated heterocycles. The van der Waals surface area contributed by atoms with Gasteiger partial charge in [0.15, 0.2) is 0 Å². The maximum absolute atomic E-state index is 12.0. The van der Waals surface area contributed by atoms with Crippen molar-refractivity contribution in [1.29, 1.82) is 0 Å². The van der Waals surface area contributed by atoms with Gasteiger partial charge in [-0.25, -0.2) is 4.39 Å². The summed E-state index contributed by atoms with van der Waals surface area (Å²) < 4.78 is 12.0. The van der Waals surface area contributed by atoms with E-state index in [1.54, 1.807) is 0 Å². The lowest BCUT2D eigenvalue weighted by molar-refractivity contribution is 0.336. The quantitative estimate of drug-likeness (QED) is 0.454. The van der Waals surface area contributed by atoms with Crippen LogP contribution in [0.5, 0.6) is 0 Å². The fourth-order valence-corrected chi connectivity index (χ4v) is 0.362. The topological polar surface area (TPSA) is 20.2 Å². The molecule has 0 atom stereocenters. The third-order valence-electron chi connectivity index (χ3n) is 0.870. The zero-order valence-electron chi connectivity index (χ0n) is 5.76. The molecule has 1 nitrogen and oxygen atoms in total. The van der Waals surface area contributed by atoms with Gasteiger partial charge in [0.25, 0.3) is 0 Å². The summed E-state index contributed by atoms with van der Waals surface area (Å²) in [5.74, 6) is 1.87. The second-order valence-corrected chi connectivity index (χ2v) is 1.75. The van der Waals surface area contributed by atoms with Crippen LogP contribution in [0.15, 0.2) is 23.6 Å². The van der Waals surface area contributed by atoms with Crippen LogP contribution in [0.1, 0.15) is 6.92 Å². The number of aliphatic hydroxyl groups excluding tert-OH is 1. The number of aliphatic hydroxyl groups is 1. The number of hydrogen-bond acceptors (Lipinski definition) is 1. The minimum Gasteiger partial charge on any atom is -0.391 e. The van der Waals surface area contributed by atoms with E-state index in [0.29, 0.717) is 5.57 Å². The van der Waals surface area contributed by atoms with Gasteiger partial charge in [-0.05, 0) is 19.1 Å². The lowest BCUT2D eigenvalue weighted by atomic mass is 10.2. The van der Waals surface area contributed by atoms with E-state index in [1.807, 2.05) is 0 Å². The molecular weight excluding hydrogens is 131 g/mol. The molecule has 0 saturated carbocycles. The summed E-state index contributed by atoms with van der Waals surface area (Å²) in [5, 5.41) is 8.48. The average Bonchev–Trinajstić information content (AvgIpc) is 1.90. The van der Waals surface area contributed by atoms with Crippen LogP contribution in [0.25, 0.3) is 0 Å². The lowest BCUT2D eigenvalue weighted by Gasteiger charge is -1.87. The molecule has 0 aliphatic carbocycles. The molecule has 0 aromatic carbocycles. The van der Waals surface area contributed by atoms with Crippen LogP contribution in [-0.4, -0.2) is 11.7 Å². The molecule has 1 N–H and O–H groups in total. The Kier molecular flexibility index (Phi) is 4.26. The normalized spacial score (nSPS) is 13.0. The van der Waals surface area contributed by atoms with Crippen molar-refractivity contribution < 1.29 is 9.50 Å². The van der Waals surface area contributed by atoms with E-state index in [9.17, 15) is 4.39 Å². The standard InChI is InChI=1S/C8H9FO/c1-3-8(6-10)5-4-7(2)9/h1,4-5,10H,6H2,2H3/b7-4+,8-5+. The molecule has 10 heavy (non-hydrogen) atoms. The molecule has 54 valence electrons. The van der Waals surface area contributed by atoms with Crippen LogP contribution in [-0.2, 0) is 0 Å². The summed E-state index contributed by atoms with van der Waals surface area (Å²) >= 11 is 0. The minimum atomic E-state index is -0.332. The third kappa shape index (κ3) is 3.88. The Morgan fingerprint density at radius 1 is 1.70 bits per heavy atom. The molecule has 0 spiro atoms. The van der Waals surface area contributed by atoms with Gasteiger partial charge in [0, 0.05) is 5.57 Å². The first-order valence-electron chi connectivity index (χ1n) is 2.81. The summed E-state index contributed by atoms with van der Waals surface area (Å²) in [6.07, 6.45) is 7.52. The molecule has 0 heterocycles. The molecule has 0 bridgehead atoms. The van der Waals surface area contributed by atoms with Crippen molar-refractivity contribution in [3.8, 4) is 12.3 Å². The van der Waals surface area contributed by atoms with Crippen LogP contribution < -0.4 is 0 Å². The second-order valence-electron chi connectivity index (χ2n) is 1.75. The molecular formula is C8H9FO. The Labute approximate surface area is 59.9 Å². The van der Waals surface area contributed by atoms with Crippen molar-refractivity contribution in [3.05, 3.63) is 23.6 Å². The fourth-order valence-electron chi connectivity index (χ4n) is 0.362. The predicted molar refractivity (Wildman–Crippen MR) is 38.9 cm³/mol. The Balaban J connectivity index is 4.17. The van der Waals surface area contributed by atoms with E-state index in [-0.39, 0.29) is 12.4 Å². The summed E-state index contributed by atoms with van der Waals surface area (Å²) in [7, 11) is 0. The molecule has 0 fully saturated rings. The monoisotopic (exact) mass is 140 g/mol. The van der Waals surface area contributed by atoms with Gasteiger partial charge in [-0.2, -0.15) is 0 Å². The SMILES string of the molecule is C#C/C(=C\C=C(/C)F)CO. The first-order chi connectivity index (χ1) is 4.70. The van der Waals surface area contributed by atoms with Crippen LogP contribution in [0.2, 0.25) is 0 Å². The van der Waals surface area contributed by atoms with Crippen LogP contribution >= 0.6 is 0 Å². The Hall–Kier alpha value is -1.07. The highest BCUT2D eigenvalue weighted by Crippen LogP contribution is 1.96. The van der Waals surface area contributed by atoms with Gasteiger partial charge in [0.2, 0.25) is 0 Å². The maximum atomic E-state index is 12.0. The molecule has 2 heteroatoms. The largest absolute Gasteiger partial charge is 0.391 e. The van der Waals surface area contributed by atoms with Gasteiger partial charge in [0.05, 0.1) is 12.4 Å². The van der Waals surface area contributed by atoms with Gasteiger partial charge in [-0.1, -0.05) is 5.92 Å². The number of hydrogen-bond donors (Lipinski definition) is 1. The van der Waals surface area contributed by atoms with Crippen molar-refractivity contribution in [3.63, 3.8) is 0 Å². The first kappa shape index (κ1) is 8.93. The molecule has 0 aliphatic heterocycles. The second kappa shape index (κ2) is 4.78. The van der Waals surface area contributed by atoms with Gasteiger partial charge >= 0.3 is 0 Å². The smallest absolute Gasteiger partial charge is 0.0969 e. The van der Waals surface area contributed by atoms with Crippen LogP contribution in [0.3, 0.4) is 0 Å². The average molecular weight is 140 g/mol. The molecule has 0 aromatic rings. The maximum Gasteiger partial charge on any atom is 0.0969 e. The summed E-state index contributed by atoms with van der Waals surface area (Å²) in [6.45, 7) is 1.09. The zero-order chi connectivity index (χ0) is 7.98. The number of terminal acetylenes is 1. The van der Waals surface area contributed by atoms with Gasteiger partial charge < -0.3 is 5.11 Å². The highest BCUT2D eigenvalue weighted by molar-refractivity contribution is 5.29. The molecule has 0 radical (unpaired) electrons. The summed E-state index contributed by atoms with van der Waals surface area (Å²) in [6, 6.07) is 0. The minimum absolute atomic E-state index is 0.222. The van der Waals surface area contributed by atoms with E-state index in [2.05, 4.69) is 5.92 Å². The van der Waals surface area contributed by atoms with Crippen molar-refractivity contribution in [2.24, 2.45) is 0 Å². The van der Waals surface area contributed by atoms with E-state index in [1.165, 1.54) is 19.1 Å². The molecule has 0 amide bonds. The summed E-state index contributed by atoms with van der Waals surface area (Å²) in [4.78, 5) is 0. The molecule has 0 aromatic heterocycles. The van der Waals surface area contributed by atoms with Crippen molar-refractivity contribution in [2.75, 3.05) is 6.61 Å². The Morgan fingerprint density at radius 2 is 2.30 bits per heavy atom. The lowest BCUT2D eigenvalue weighted by Crippen LogP contribution is -1.84. The Morgan fingerprint density at radius 3 is 2.60 bits per heavy atom. The number of rotatable bonds is 2. The first-order valence-corrected chi connectivity index (χ1v) is 2.81. The molecule has 0 unspecified atom stereocenters. The van der Waals surface area contributed by atoms with E-state index >= 15 is 0 Å². The number of halogens is 1. The highest BCUT2D eigenvalue weighted by Gasteiger charge is 1.85. The third-order valence-corrected chi connectivity index (χ3v) is 0.870. The van der Waals surface area contributed by atoms with Crippen molar-refractivity contribution in [2.45, 2.75) is 6.92 Å². The van der Waals surface area contributed by atoms with Crippen molar-refractivity contribution >= 4 is 0 Å². The predicted octanol–water partition coefficient (Wildman–Crippen LogP) is 1.41. The van der Waals surface area contributed by atoms with Gasteiger partial charge in [-0.3, -0.25) is 0 Å².